The summed E-state index contributed by atoms with van der Waals surface area (Å²) in [6.45, 7) is 10.3. The SMILES string of the molecule is CC1CCCC(NC(=O)CN2CCNC[C@H]2C)C1C.Cl. The van der Waals surface area contributed by atoms with Gasteiger partial charge in [0.05, 0.1) is 6.54 Å². The molecule has 1 aliphatic heterocycles. The molecule has 118 valence electrons. The summed E-state index contributed by atoms with van der Waals surface area (Å²) in [4.78, 5) is 14.5. The molecule has 4 nitrogen and oxygen atoms in total. The highest BCUT2D eigenvalue weighted by atomic mass is 35.5. The maximum absolute atomic E-state index is 12.2. The van der Waals surface area contributed by atoms with Crippen molar-refractivity contribution in [3.63, 3.8) is 0 Å². The van der Waals surface area contributed by atoms with Crippen LogP contribution in [-0.4, -0.2) is 49.1 Å². The van der Waals surface area contributed by atoms with Gasteiger partial charge in [0.25, 0.3) is 0 Å². The summed E-state index contributed by atoms with van der Waals surface area (Å²) in [6.07, 6.45) is 3.71. The van der Waals surface area contributed by atoms with Crippen molar-refractivity contribution in [1.29, 1.82) is 0 Å². The van der Waals surface area contributed by atoms with E-state index >= 15 is 0 Å². The lowest BCUT2D eigenvalue weighted by Gasteiger charge is -2.36. The summed E-state index contributed by atoms with van der Waals surface area (Å²) < 4.78 is 0. The van der Waals surface area contributed by atoms with Crippen LogP contribution in [0.1, 0.15) is 40.0 Å². The van der Waals surface area contributed by atoms with E-state index in [1.165, 1.54) is 12.8 Å². The first kappa shape index (κ1) is 17.7. The lowest BCUT2D eigenvalue weighted by molar-refractivity contribution is -0.124. The molecule has 1 aliphatic carbocycles. The molecule has 2 aliphatic rings. The highest BCUT2D eigenvalue weighted by molar-refractivity contribution is 5.85. The minimum absolute atomic E-state index is 0. The number of halogens is 1. The van der Waals surface area contributed by atoms with Gasteiger partial charge in [-0.1, -0.05) is 26.7 Å². The Hall–Kier alpha value is -0.320. The molecule has 2 rings (SSSR count). The molecule has 0 aromatic carbocycles. The van der Waals surface area contributed by atoms with Crippen LogP contribution in [0.4, 0.5) is 0 Å². The third kappa shape index (κ3) is 4.61. The van der Waals surface area contributed by atoms with Crippen LogP contribution in [0.5, 0.6) is 0 Å². The molecule has 0 aromatic rings. The summed E-state index contributed by atoms with van der Waals surface area (Å²) in [7, 11) is 0. The summed E-state index contributed by atoms with van der Waals surface area (Å²) in [5.74, 6) is 1.55. The minimum atomic E-state index is 0. The van der Waals surface area contributed by atoms with Crippen LogP contribution in [0.3, 0.4) is 0 Å². The van der Waals surface area contributed by atoms with Gasteiger partial charge in [0.1, 0.15) is 0 Å². The predicted molar refractivity (Wildman–Crippen MR) is 85.3 cm³/mol. The third-order valence-corrected chi connectivity index (χ3v) is 5.04. The fourth-order valence-corrected chi connectivity index (χ4v) is 3.34. The van der Waals surface area contributed by atoms with Crippen LogP contribution in [0.25, 0.3) is 0 Å². The molecule has 20 heavy (non-hydrogen) atoms. The zero-order valence-electron chi connectivity index (χ0n) is 13.0. The van der Waals surface area contributed by atoms with Crippen LogP contribution in [0.2, 0.25) is 0 Å². The first-order chi connectivity index (χ1) is 9.08. The molecule has 1 saturated heterocycles. The largest absolute Gasteiger partial charge is 0.352 e. The van der Waals surface area contributed by atoms with Crippen molar-refractivity contribution in [3.05, 3.63) is 0 Å². The van der Waals surface area contributed by atoms with Crippen LogP contribution >= 0.6 is 12.4 Å². The molecule has 5 heteroatoms. The second-order valence-corrected chi connectivity index (χ2v) is 6.46. The van der Waals surface area contributed by atoms with Gasteiger partial charge in [-0.25, -0.2) is 0 Å². The number of rotatable bonds is 3. The molecule has 1 amide bonds. The molecule has 0 spiro atoms. The lowest BCUT2D eigenvalue weighted by atomic mass is 9.78. The highest BCUT2D eigenvalue weighted by Crippen LogP contribution is 2.29. The molecule has 2 N–H and O–H groups in total. The van der Waals surface area contributed by atoms with Gasteiger partial charge in [0.2, 0.25) is 5.91 Å². The minimum Gasteiger partial charge on any atom is -0.352 e. The quantitative estimate of drug-likeness (QED) is 0.833. The van der Waals surface area contributed by atoms with Crippen molar-refractivity contribution in [2.45, 2.75) is 52.1 Å². The fourth-order valence-electron chi connectivity index (χ4n) is 3.34. The van der Waals surface area contributed by atoms with Gasteiger partial charge in [-0.15, -0.1) is 12.4 Å². The normalized spacial score (nSPS) is 35.1. The first-order valence-electron chi connectivity index (χ1n) is 7.82. The number of hydrogen-bond acceptors (Lipinski definition) is 3. The van der Waals surface area contributed by atoms with E-state index < -0.39 is 0 Å². The Morgan fingerprint density at radius 3 is 2.75 bits per heavy atom. The standard InChI is InChI=1S/C15H29N3O.ClH/c1-11-5-4-6-14(13(11)3)17-15(19)10-18-8-7-16-9-12(18)2;/h11-14,16H,4-10H2,1-3H3,(H,17,19);1H/t11?,12-,13?,14?;/m1./s1. The smallest absolute Gasteiger partial charge is 0.234 e. The summed E-state index contributed by atoms with van der Waals surface area (Å²) in [5, 5.41) is 6.62. The number of piperazine rings is 1. The Morgan fingerprint density at radius 1 is 1.30 bits per heavy atom. The summed E-state index contributed by atoms with van der Waals surface area (Å²) >= 11 is 0. The van der Waals surface area contributed by atoms with Crippen LogP contribution < -0.4 is 10.6 Å². The molecule has 0 aromatic heterocycles. The van der Waals surface area contributed by atoms with E-state index in [1.54, 1.807) is 0 Å². The Bertz CT molecular complexity index is 313. The van der Waals surface area contributed by atoms with E-state index in [0.717, 1.165) is 32.0 Å². The second-order valence-electron chi connectivity index (χ2n) is 6.46. The van der Waals surface area contributed by atoms with Crippen molar-refractivity contribution in [2.75, 3.05) is 26.2 Å². The van der Waals surface area contributed by atoms with Gasteiger partial charge in [-0.05, 0) is 25.2 Å². The maximum atomic E-state index is 12.2. The number of carbonyl (C=O) groups excluding carboxylic acids is 1. The van der Waals surface area contributed by atoms with E-state index in [-0.39, 0.29) is 18.3 Å². The second kappa shape index (κ2) is 8.20. The number of hydrogen-bond donors (Lipinski definition) is 2. The van der Waals surface area contributed by atoms with Crippen molar-refractivity contribution < 1.29 is 4.79 Å². The molecule has 3 unspecified atom stereocenters. The van der Waals surface area contributed by atoms with Crippen LogP contribution in [-0.2, 0) is 4.79 Å². The summed E-state index contributed by atoms with van der Waals surface area (Å²) in [5.41, 5.74) is 0. The van der Waals surface area contributed by atoms with Gasteiger partial charge >= 0.3 is 0 Å². The van der Waals surface area contributed by atoms with Crippen LogP contribution in [0.15, 0.2) is 0 Å². The Kier molecular flexibility index (Phi) is 7.27. The number of amides is 1. The zero-order valence-corrected chi connectivity index (χ0v) is 13.8. The van der Waals surface area contributed by atoms with Gasteiger partial charge in [-0.2, -0.15) is 0 Å². The molecular weight excluding hydrogens is 274 g/mol. The number of carbonyl (C=O) groups is 1. The monoisotopic (exact) mass is 303 g/mol. The summed E-state index contributed by atoms with van der Waals surface area (Å²) in [6, 6.07) is 0.844. The zero-order chi connectivity index (χ0) is 13.8. The number of nitrogens with one attached hydrogen (secondary N) is 2. The fraction of sp³-hybridized carbons (Fsp3) is 0.933. The molecule has 2 fully saturated rings. The number of nitrogens with zero attached hydrogens (tertiary/aromatic N) is 1. The van der Waals surface area contributed by atoms with E-state index in [2.05, 4.69) is 36.3 Å². The molecule has 4 atom stereocenters. The molecule has 0 radical (unpaired) electrons. The molecule has 1 heterocycles. The predicted octanol–water partition coefficient (Wildman–Crippen LogP) is 1.64. The van der Waals surface area contributed by atoms with Crippen molar-refractivity contribution >= 4 is 18.3 Å². The molecule has 1 saturated carbocycles. The van der Waals surface area contributed by atoms with Gasteiger partial charge < -0.3 is 10.6 Å². The third-order valence-electron chi connectivity index (χ3n) is 5.04. The van der Waals surface area contributed by atoms with Crippen molar-refractivity contribution in [1.82, 2.24) is 15.5 Å². The first-order valence-corrected chi connectivity index (χ1v) is 7.82. The topological polar surface area (TPSA) is 44.4 Å². The van der Waals surface area contributed by atoms with Gasteiger partial charge in [-0.3, -0.25) is 9.69 Å². The van der Waals surface area contributed by atoms with E-state index in [4.69, 9.17) is 0 Å². The van der Waals surface area contributed by atoms with Gasteiger partial charge in [0, 0.05) is 31.7 Å². The average molecular weight is 304 g/mol. The van der Waals surface area contributed by atoms with E-state index in [1.807, 2.05) is 0 Å². The molecule has 0 bridgehead atoms. The molecular formula is C15H30ClN3O. The van der Waals surface area contributed by atoms with Gasteiger partial charge in [0.15, 0.2) is 0 Å². The van der Waals surface area contributed by atoms with E-state index in [0.29, 0.717) is 24.5 Å². The highest BCUT2D eigenvalue weighted by Gasteiger charge is 2.29. The Labute approximate surface area is 129 Å². The Balaban J connectivity index is 0.00000200. The van der Waals surface area contributed by atoms with Crippen LogP contribution in [0, 0.1) is 11.8 Å². The lowest BCUT2D eigenvalue weighted by Crippen LogP contribution is -2.54. The van der Waals surface area contributed by atoms with Crippen molar-refractivity contribution in [2.24, 2.45) is 11.8 Å². The Morgan fingerprint density at radius 2 is 2.05 bits per heavy atom. The average Bonchev–Trinajstić information content (AvgIpc) is 2.38. The van der Waals surface area contributed by atoms with E-state index in [9.17, 15) is 4.79 Å². The maximum Gasteiger partial charge on any atom is 0.234 e. The van der Waals surface area contributed by atoms with Crippen molar-refractivity contribution in [3.8, 4) is 0 Å².